The second-order valence-electron chi connectivity index (χ2n) is 24.2. The maximum Gasteiger partial charge on any atom is 0.164 e. The Hall–Kier alpha value is -12.7. The third-order valence-corrected chi connectivity index (χ3v) is 18.5. The second kappa shape index (κ2) is 24.0. The fraction of sp³-hybridized carbons (Fsp3) is 0.0115. The van der Waals surface area contributed by atoms with Crippen molar-refractivity contribution in [1.29, 1.82) is 0 Å². The molecule has 0 bridgehead atoms. The minimum absolute atomic E-state index is 0.589. The molecule has 0 atom stereocenters. The first-order chi connectivity index (χ1) is 48.0. The standard InChI is InChI=1S/C43H26N4O.C27H16ClN3O.C17H12/c1-3-12-27(13-4-1)41-44-42(28-14-5-2-6-15-28)46-43(45-41)33-19-11-21-39-40(33)35-26-31(22-23-38(35)48-39)47-36-20-10-9-18-32(36)34-24-29-16-7-8-17-30(29)25-37(34)47;28-19-14-15-22-21(16-19)24-20(12-7-13-23(24)32-22)27-30-25(17-8-3-1-4-9-17)29-26(31-27)18-10-5-2-6-11-18;1-2-6-13-11-17-15(9-12(13)5-1)10-14-7-3-4-8-16(14)17/h1-26H;1-16H;1-9,11H,10H2. The summed E-state index contributed by atoms with van der Waals surface area (Å²) in [5.74, 6) is 3.69. The zero-order valence-corrected chi connectivity index (χ0v) is 52.8. The average molecular weight is 1260 g/mol. The van der Waals surface area contributed by atoms with Crippen molar-refractivity contribution in [3.63, 3.8) is 0 Å². The molecule has 0 fully saturated rings. The summed E-state index contributed by atoms with van der Waals surface area (Å²) in [5.41, 5.74) is 17.8. The van der Waals surface area contributed by atoms with Gasteiger partial charge in [-0.15, -0.1) is 0 Å². The molecule has 0 saturated carbocycles. The first-order valence-corrected chi connectivity index (χ1v) is 32.7. The Morgan fingerprint density at radius 3 is 1.26 bits per heavy atom. The summed E-state index contributed by atoms with van der Waals surface area (Å²) in [4.78, 5) is 29.5. The van der Waals surface area contributed by atoms with Crippen LogP contribution < -0.4 is 0 Å². The Kier molecular flexibility index (Phi) is 14.1. The number of hydrogen-bond acceptors (Lipinski definition) is 8. The van der Waals surface area contributed by atoms with Crippen LogP contribution in [0.4, 0.5) is 0 Å². The molecule has 97 heavy (non-hydrogen) atoms. The van der Waals surface area contributed by atoms with Gasteiger partial charge in [0.1, 0.15) is 22.3 Å². The number of furan rings is 2. The molecule has 5 heterocycles. The van der Waals surface area contributed by atoms with Crippen molar-refractivity contribution >= 4 is 98.8 Å². The van der Waals surface area contributed by atoms with Gasteiger partial charge in [0.25, 0.3) is 0 Å². The number of nitrogens with zero attached hydrogens (tertiary/aromatic N) is 7. The van der Waals surface area contributed by atoms with Crippen molar-refractivity contribution < 1.29 is 8.83 Å². The van der Waals surface area contributed by atoms with Crippen LogP contribution in [-0.2, 0) is 6.42 Å². The molecular formula is C87H54ClN7O2. The fourth-order valence-electron chi connectivity index (χ4n) is 13.7. The lowest BCUT2D eigenvalue weighted by Crippen LogP contribution is -2.00. The van der Waals surface area contributed by atoms with E-state index >= 15 is 0 Å². The van der Waals surface area contributed by atoms with Gasteiger partial charge in [0.2, 0.25) is 0 Å². The minimum Gasteiger partial charge on any atom is -0.456 e. The molecule has 0 saturated heterocycles. The fourth-order valence-corrected chi connectivity index (χ4v) is 13.9. The van der Waals surface area contributed by atoms with Crippen molar-refractivity contribution in [2.75, 3.05) is 0 Å². The SMILES string of the molecule is Clc1ccc2oc3cccc(-c4nc(-c5ccccc5)nc(-c5ccccc5)n4)c3c2c1.c1ccc(-c2nc(-c3ccccc3)nc(-c3cccc4oc5ccc(-n6c7ccccc7c7cc8ccccc8cc76)cc5c34)n2)cc1.c1ccc2c(c1)Cc1cc3ccccc3cc1-2. The minimum atomic E-state index is 0.589. The van der Waals surface area contributed by atoms with Crippen LogP contribution in [0.3, 0.4) is 0 Å². The monoisotopic (exact) mass is 1260 g/mol. The number of para-hydroxylation sites is 1. The highest BCUT2D eigenvalue weighted by Gasteiger charge is 2.23. The smallest absolute Gasteiger partial charge is 0.164 e. The number of rotatable bonds is 7. The van der Waals surface area contributed by atoms with Crippen LogP contribution in [0.2, 0.25) is 5.02 Å². The predicted octanol–water partition coefficient (Wildman–Crippen LogP) is 22.9. The Morgan fingerprint density at radius 1 is 0.268 bits per heavy atom. The van der Waals surface area contributed by atoms with Gasteiger partial charge in [-0.3, -0.25) is 0 Å². The topological polar surface area (TPSA) is 109 Å². The molecule has 1 aliphatic carbocycles. The van der Waals surface area contributed by atoms with Crippen LogP contribution in [0.15, 0.2) is 324 Å². The van der Waals surface area contributed by atoms with E-state index < -0.39 is 0 Å². The highest BCUT2D eigenvalue weighted by atomic mass is 35.5. The zero-order chi connectivity index (χ0) is 64.3. The van der Waals surface area contributed by atoms with E-state index in [0.717, 1.165) is 94.9 Å². The highest BCUT2D eigenvalue weighted by molar-refractivity contribution is 6.32. The number of halogens is 1. The molecule has 9 nitrogen and oxygen atoms in total. The third kappa shape index (κ3) is 10.5. The number of aromatic nitrogens is 7. The van der Waals surface area contributed by atoms with E-state index in [1.54, 1.807) is 0 Å². The van der Waals surface area contributed by atoms with Crippen molar-refractivity contribution in [3.05, 3.63) is 332 Å². The van der Waals surface area contributed by atoms with Gasteiger partial charge in [-0.2, -0.15) is 0 Å². The summed E-state index contributed by atoms with van der Waals surface area (Å²) in [6.45, 7) is 0. The first kappa shape index (κ1) is 57.0. The Morgan fingerprint density at radius 2 is 0.701 bits per heavy atom. The summed E-state index contributed by atoms with van der Waals surface area (Å²) in [7, 11) is 0. The number of benzene rings is 14. The Balaban J connectivity index is 0.000000119. The van der Waals surface area contributed by atoms with Crippen LogP contribution in [0.5, 0.6) is 0 Å². The van der Waals surface area contributed by atoms with Crippen molar-refractivity contribution in [3.8, 4) is 85.1 Å². The average Bonchev–Trinajstić information content (AvgIpc) is 1.60. The van der Waals surface area contributed by atoms with E-state index in [0.29, 0.717) is 40.0 Å². The van der Waals surface area contributed by atoms with Crippen LogP contribution in [0.1, 0.15) is 11.1 Å². The molecule has 1 aliphatic rings. The third-order valence-electron chi connectivity index (χ3n) is 18.3. The first-order valence-electron chi connectivity index (χ1n) is 32.3. The molecule has 0 spiro atoms. The number of hydrogen-bond donors (Lipinski definition) is 0. The molecule has 0 aliphatic heterocycles. The maximum absolute atomic E-state index is 6.47. The molecule has 19 aromatic rings. The van der Waals surface area contributed by atoms with Gasteiger partial charge in [0.05, 0.1) is 11.0 Å². The molecular weight excluding hydrogens is 1210 g/mol. The van der Waals surface area contributed by atoms with Gasteiger partial charge in [0, 0.05) is 76.4 Å². The van der Waals surface area contributed by atoms with Gasteiger partial charge in [-0.25, -0.2) is 29.9 Å². The zero-order valence-electron chi connectivity index (χ0n) is 52.1. The molecule has 456 valence electrons. The Bertz CT molecular complexity index is 6130. The van der Waals surface area contributed by atoms with Crippen LogP contribution in [0, 0.1) is 0 Å². The summed E-state index contributed by atoms with van der Waals surface area (Å²) in [6.07, 6.45) is 1.08. The molecule has 5 aromatic heterocycles. The normalized spacial score (nSPS) is 11.7. The van der Waals surface area contributed by atoms with Crippen molar-refractivity contribution in [2.24, 2.45) is 0 Å². The molecule has 0 amide bonds. The van der Waals surface area contributed by atoms with Crippen LogP contribution in [0.25, 0.3) is 172 Å². The van der Waals surface area contributed by atoms with Gasteiger partial charge in [0.15, 0.2) is 34.9 Å². The van der Waals surface area contributed by atoms with Gasteiger partial charge in [-0.05, 0) is 123 Å². The lowest BCUT2D eigenvalue weighted by molar-refractivity contribution is 0.668. The van der Waals surface area contributed by atoms with Crippen LogP contribution >= 0.6 is 11.6 Å². The summed E-state index contributed by atoms with van der Waals surface area (Å²) >= 11 is 6.30. The van der Waals surface area contributed by atoms with Gasteiger partial charge in [-0.1, -0.05) is 254 Å². The summed E-state index contributed by atoms with van der Waals surface area (Å²) in [6, 6.07) is 108. The molecule has 14 aromatic carbocycles. The van der Waals surface area contributed by atoms with E-state index in [2.05, 4.69) is 150 Å². The second-order valence-corrected chi connectivity index (χ2v) is 24.7. The summed E-state index contributed by atoms with van der Waals surface area (Å²) in [5, 5.41) is 12.1. The van der Waals surface area contributed by atoms with Crippen molar-refractivity contribution in [2.45, 2.75) is 6.42 Å². The van der Waals surface area contributed by atoms with Gasteiger partial charge >= 0.3 is 0 Å². The van der Waals surface area contributed by atoms with E-state index in [1.165, 1.54) is 60.1 Å². The quantitative estimate of drug-likeness (QED) is 0.155. The lowest BCUT2D eigenvalue weighted by atomic mass is 10.0. The predicted molar refractivity (Wildman–Crippen MR) is 396 cm³/mol. The largest absolute Gasteiger partial charge is 0.456 e. The maximum atomic E-state index is 6.47. The van der Waals surface area contributed by atoms with E-state index in [1.807, 2.05) is 170 Å². The summed E-state index contributed by atoms with van der Waals surface area (Å²) < 4.78 is 14.9. The van der Waals surface area contributed by atoms with Gasteiger partial charge < -0.3 is 13.4 Å². The van der Waals surface area contributed by atoms with Crippen LogP contribution in [-0.4, -0.2) is 34.5 Å². The molecule has 0 unspecified atom stereocenters. The molecule has 0 radical (unpaired) electrons. The van der Waals surface area contributed by atoms with E-state index in [4.69, 9.17) is 50.3 Å². The highest BCUT2D eigenvalue weighted by Crippen LogP contribution is 2.43. The lowest BCUT2D eigenvalue weighted by Gasteiger charge is -2.10. The number of fused-ring (bicyclic) bond motifs is 14. The molecule has 10 heteroatoms. The molecule has 20 rings (SSSR count). The Labute approximate surface area is 561 Å². The van der Waals surface area contributed by atoms with E-state index in [9.17, 15) is 0 Å². The molecule has 0 N–H and O–H groups in total. The van der Waals surface area contributed by atoms with E-state index in [-0.39, 0.29) is 0 Å². The van der Waals surface area contributed by atoms with Crippen molar-refractivity contribution in [1.82, 2.24) is 34.5 Å².